The average Bonchev–Trinajstić information content (AvgIpc) is 2.23. The highest BCUT2D eigenvalue weighted by Gasteiger charge is 2.27. The Hall–Kier alpha value is -1.14. The van der Waals surface area contributed by atoms with Gasteiger partial charge in [0.15, 0.2) is 0 Å². The number of ether oxygens (including phenoxy) is 1. The number of nitrogen functional groups attached to an aromatic ring is 1. The molecule has 100 valence electrons. The third-order valence-electron chi connectivity index (χ3n) is 1.91. The van der Waals surface area contributed by atoms with Crippen LogP contribution in [0.4, 0.5) is 18.9 Å². The fourth-order valence-corrected chi connectivity index (χ4v) is 1.41. The molecule has 0 radical (unpaired) electrons. The number of halogens is 5. The van der Waals surface area contributed by atoms with Crippen LogP contribution in [0.25, 0.3) is 0 Å². The number of carbonyl (C=O) groups excluding carboxylic acids is 1. The molecule has 0 saturated heterocycles. The molecule has 18 heavy (non-hydrogen) atoms. The summed E-state index contributed by atoms with van der Waals surface area (Å²) in [4.78, 5) is 11.4. The molecule has 1 rings (SSSR count). The van der Waals surface area contributed by atoms with E-state index in [0.29, 0.717) is 0 Å². The van der Waals surface area contributed by atoms with E-state index in [0.717, 1.165) is 0 Å². The van der Waals surface area contributed by atoms with Crippen LogP contribution in [0, 0.1) is 0 Å². The monoisotopic (exact) mass is 301 g/mol. The van der Waals surface area contributed by atoms with Crippen molar-refractivity contribution in [2.75, 3.05) is 12.3 Å². The van der Waals surface area contributed by atoms with E-state index in [1.165, 1.54) is 12.1 Å². The molecule has 0 aromatic heterocycles. The maximum Gasteiger partial charge on any atom is 0.392 e. The molecule has 0 atom stereocenters. The number of anilines is 1. The fourth-order valence-electron chi connectivity index (χ4n) is 1.07. The van der Waals surface area contributed by atoms with Crippen molar-refractivity contribution < 1.29 is 22.7 Å². The summed E-state index contributed by atoms with van der Waals surface area (Å²) in [6.45, 7) is -0.761. The Bertz CT molecular complexity index is 440. The Morgan fingerprint density at radius 1 is 1.33 bits per heavy atom. The zero-order valence-electron chi connectivity index (χ0n) is 8.85. The van der Waals surface area contributed by atoms with Crippen LogP contribution in [-0.4, -0.2) is 18.8 Å². The van der Waals surface area contributed by atoms with Gasteiger partial charge in [-0.05, 0) is 12.1 Å². The molecule has 8 heteroatoms. The number of hydrogen-bond donors (Lipinski definition) is 1. The zero-order valence-corrected chi connectivity index (χ0v) is 10.4. The number of nitrogens with two attached hydrogens (primary N) is 1. The van der Waals surface area contributed by atoms with Crippen LogP contribution in [0.3, 0.4) is 0 Å². The van der Waals surface area contributed by atoms with Crippen molar-refractivity contribution in [1.82, 2.24) is 0 Å². The van der Waals surface area contributed by atoms with Gasteiger partial charge in [-0.2, -0.15) is 13.2 Å². The van der Waals surface area contributed by atoms with Gasteiger partial charge in [0.05, 0.1) is 27.7 Å². The number of carbonyl (C=O) groups is 1. The molecular weight excluding hydrogens is 294 g/mol. The molecule has 0 spiro atoms. The van der Waals surface area contributed by atoms with Crippen molar-refractivity contribution in [2.45, 2.75) is 12.6 Å². The van der Waals surface area contributed by atoms with E-state index in [9.17, 15) is 18.0 Å². The Kier molecular flexibility index (Phi) is 4.70. The number of alkyl halides is 3. The van der Waals surface area contributed by atoms with Crippen LogP contribution < -0.4 is 5.73 Å². The maximum absolute atomic E-state index is 11.8. The summed E-state index contributed by atoms with van der Waals surface area (Å²) in [6, 6.07) is 2.36. The lowest BCUT2D eigenvalue weighted by atomic mass is 10.2. The molecule has 0 heterocycles. The van der Waals surface area contributed by atoms with E-state index in [1.807, 2.05) is 0 Å². The second kappa shape index (κ2) is 5.67. The van der Waals surface area contributed by atoms with Crippen molar-refractivity contribution >= 4 is 34.9 Å². The summed E-state index contributed by atoms with van der Waals surface area (Å²) in [5.41, 5.74) is 5.45. The lowest BCUT2D eigenvalue weighted by Crippen LogP contribution is -2.14. The van der Waals surface area contributed by atoms with E-state index in [-0.39, 0.29) is 21.3 Å². The van der Waals surface area contributed by atoms with Crippen molar-refractivity contribution in [1.29, 1.82) is 0 Å². The Morgan fingerprint density at radius 2 is 1.94 bits per heavy atom. The number of esters is 1. The van der Waals surface area contributed by atoms with E-state index in [2.05, 4.69) is 4.74 Å². The molecule has 0 amide bonds. The highest BCUT2D eigenvalue weighted by molar-refractivity contribution is 6.43. The minimum atomic E-state index is -4.38. The van der Waals surface area contributed by atoms with Crippen LogP contribution in [0.5, 0.6) is 0 Å². The molecule has 3 nitrogen and oxygen atoms in total. The Balaban J connectivity index is 2.68. The minimum Gasteiger partial charge on any atom is -0.462 e. The smallest absolute Gasteiger partial charge is 0.392 e. The first-order valence-electron chi connectivity index (χ1n) is 4.69. The van der Waals surface area contributed by atoms with Crippen LogP contribution >= 0.6 is 23.2 Å². The second-order valence-corrected chi connectivity index (χ2v) is 4.15. The standard InChI is InChI=1S/C10H8Cl2F3NO2/c11-6-3-5(4-7(16)8(6)12)9(17)18-2-1-10(13,14)15/h3-4H,1-2,16H2. The summed E-state index contributed by atoms with van der Waals surface area (Å²) in [5.74, 6) is -0.940. The van der Waals surface area contributed by atoms with Crippen molar-refractivity contribution in [3.8, 4) is 0 Å². The van der Waals surface area contributed by atoms with E-state index in [1.54, 1.807) is 0 Å². The van der Waals surface area contributed by atoms with Gasteiger partial charge >= 0.3 is 12.1 Å². The molecule has 0 aliphatic heterocycles. The summed E-state index contributed by atoms with van der Waals surface area (Å²) in [7, 11) is 0. The lowest BCUT2D eigenvalue weighted by Gasteiger charge is -2.09. The minimum absolute atomic E-state index is 0.0273. The van der Waals surface area contributed by atoms with Crippen LogP contribution in [0.1, 0.15) is 16.8 Å². The van der Waals surface area contributed by atoms with Crippen LogP contribution in [-0.2, 0) is 4.74 Å². The fraction of sp³-hybridized carbons (Fsp3) is 0.300. The Labute approximate surface area is 111 Å². The van der Waals surface area contributed by atoms with Gasteiger partial charge in [-0.25, -0.2) is 4.79 Å². The van der Waals surface area contributed by atoms with E-state index in [4.69, 9.17) is 28.9 Å². The molecule has 0 bridgehead atoms. The highest BCUT2D eigenvalue weighted by atomic mass is 35.5. The van der Waals surface area contributed by atoms with Crippen molar-refractivity contribution in [3.63, 3.8) is 0 Å². The van der Waals surface area contributed by atoms with Crippen molar-refractivity contribution in [2.24, 2.45) is 0 Å². The SMILES string of the molecule is Nc1cc(C(=O)OCCC(F)(F)F)cc(Cl)c1Cl. The topological polar surface area (TPSA) is 52.3 Å². The summed E-state index contributed by atoms with van der Waals surface area (Å²) < 4.78 is 40.0. The highest BCUT2D eigenvalue weighted by Crippen LogP contribution is 2.29. The maximum atomic E-state index is 11.8. The van der Waals surface area contributed by atoms with Gasteiger partial charge in [-0.3, -0.25) is 0 Å². The second-order valence-electron chi connectivity index (χ2n) is 3.36. The molecule has 0 saturated carbocycles. The van der Waals surface area contributed by atoms with Crippen molar-refractivity contribution in [3.05, 3.63) is 27.7 Å². The lowest BCUT2D eigenvalue weighted by molar-refractivity contribution is -0.141. The van der Waals surface area contributed by atoms with Gasteiger partial charge in [0.1, 0.15) is 6.61 Å². The third kappa shape index (κ3) is 4.27. The number of rotatable bonds is 3. The predicted octanol–water partition coefficient (Wildman–Crippen LogP) is 3.68. The van der Waals surface area contributed by atoms with E-state index < -0.39 is 25.2 Å². The van der Waals surface area contributed by atoms with Crippen LogP contribution in [0.15, 0.2) is 12.1 Å². The third-order valence-corrected chi connectivity index (χ3v) is 2.73. The van der Waals surface area contributed by atoms with Gasteiger partial charge in [-0.15, -0.1) is 0 Å². The van der Waals surface area contributed by atoms with Gasteiger partial charge in [0.25, 0.3) is 0 Å². The summed E-state index contributed by atoms with van der Waals surface area (Å²) in [6.07, 6.45) is -5.59. The molecule has 0 fully saturated rings. The Morgan fingerprint density at radius 3 is 2.44 bits per heavy atom. The molecule has 0 aliphatic carbocycles. The van der Waals surface area contributed by atoms with E-state index >= 15 is 0 Å². The molecule has 0 aliphatic rings. The number of hydrogen-bond acceptors (Lipinski definition) is 3. The van der Waals surface area contributed by atoms with Crippen LogP contribution in [0.2, 0.25) is 10.0 Å². The molecule has 2 N–H and O–H groups in total. The molecular formula is C10H8Cl2F3NO2. The summed E-state index contributed by atoms with van der Waals surface area (Å²) in [5, 5.41) is 0.1000. The molecule has 1 aromatic rings. The largest absolute Gasteiger partial charge is 0.462 e. The number of benzene rings is 1. The van der Waals surface area contributed by atoms with Gasteiger partial charge in [0.2, 0.25) is 0 Å². The first kappa shape index (κ1) is 14.9. The molecule has 0 unspecified atom stereocenters. The summed E-state index contributed by atoms with van der Waals surface area (Å²) >= 11 is 11.3. The first-order valence-corrected chi connectivity index (χ1v) is 5.44. The quantitative estimate of drug-likeness (QED) is 0.684. The zero-order chi connectivity index (χ0) is 13.9. The first-order chi connectivity index (χ1) is 8.20. The average molecular weight is 302 g/mol. The predicted molar refractivity (Wildman–Crippen MR) is 61.8 cm³/mol. The molecule has 1 aromatic carbocycles. The van der Waals surface area contributed by atoms with Gasteiger partial charge in [0, 0.05) is 0 Å². The van der Waals surface area contributed by atoms with Gasteiger partial charge in [-0.1, -0.05) is 23.2 Å². The normalized spacial score (nSPS) is 11.4. The van der Waals surface area contributed by atoms with Gasteiger partial charge < -0.3 is 10.5 Å².